The van der Waals surface area contributed by atoms with Crippen LogP contribution >= 0.6 is 0 Å². The molecule has 0 spiro atoms. The first kappa shape index (κ1) is 21.2. The Morgan fingerprint density at radius 1 is 1.06 bits per heavy atom. The number of carbonyl (C=O) groups excluding carboxylic acids is 1. The second-order valence-electron chi connectivity index (χ2n) is 9.74. The molecule has 1 aromatic carbocycles. The van der Waals surface area contributed by atoms with Crippen molar-refractivity contribution >= 4 is 11.9 Å². The SMILES string of the molecule is Cc1cnc(N2CCC([C@H]3C[C@H]3CCOc3ccc(CC(=O)N4CCC4)cc3)CC2)nc1. The van der Waals surface area contributed by atoms with E-state index in [-0.39, 0.29) is 5.91 Å². The fourth-order valence-corrected chi connectivity index (χ4v) is 5.14. The standard InChI is InChI=1S/C26H34N4O2/c1-19-17-27-26(28-18-19)30-12-7-21(8-13-30)24-16-22(24)9-14-32-23-5-3-20(4-6-23)15-25(31)29-10-2-11-29/h3-6,17-18,21-22,24H,2,7-16H2,1H3/t22-,24-/m1/s1. The monoisotopic (exact) mass is 434 g/mol. The van der Waals surface area contributed by atoms with E-state index < -0.39 is 0 Å². The third-order valence-corrected chi connectivity index (χ3v) is 7.42. The molecule has 1 aromatic heterocycles. The average molecular weight is 435 g/mol. The number of aryl methyl sites for hydroxylation is 1. The number of aromatic nitrogens is 2. The highest BCUT2D eigenvalue weighted by Crippen LogP contribution is 2.49. The topological polar surface area (TPSA) is 58.6 Å². The van der Waals surface area contributed by atoms with Gasteiger partial charge in [-0.3, -0.25) is 4.79 Å². The largest absolute Gasteiger partial charge is 0.494 e. The van der Waals surface area contributed by atoms with E-state index in [1.54, 1.807) is 0 Å². The van der Waals surface area contributed by atoms with E-state index in [0.717, 1.165) is 86.2 Å². The summed E-state index contributed by atoms with van der Waals surface area (Å²) in [4.78, 5) is 25.3. The fourth-order valence-electron chi connectivity index (χ4n) is 5.14. The minimum absolute atomic E-state index is 0.238. The molecule has 0 bridgehead atoms. The molecule has 2 aromatic rings. The maximum Gasteiger partial charge on any atom is 0.226 e. The van der Waals surface area contributed by atoms with Crippen LogP contribution in [0.4, 0.5) is 5.95 Å². The van der Waals surface area contributed by atoms with E-state index in [9.17, 15) is 4.79 Å². The summed E-state index contributed by atoms with van der Waals surface area (Å²) in [6, 6.07) is 8.06. The van der Waals surface area contributed by atoms with Crippen molar-refractivity contribution in [3.63, 3.8) is 0 Å². The Bertz CT molecular complexity index is 902. The van der Waals surface area contributed by atoms with E-state index in [2.05, 4.69) is 14.9 Å². The number of nitrogens with zero attached hydrogens (tertiary/aromatic N) is 4. The van der Waals surface area contributed by atoms with Crippen molar-refractivity contribution < 1.29 is 9.53 Å². The first-order valence-corrected chi connectivity index (χ1v) is 12.2. The summed E-state index contributed by atoms with van der Waals surface area (Å²) >= 11 is 0. The predicted molar refractivity (Wildman–Crippen MR) is 125 cm³/mol. The van der Waals surface area contributed by atoms with Gasteiger partial charge in [-0.1, -0.05) is 12.1 Å². The number of likely N-dealkylation sites (tertiary alicyclic amines) is 1. The van der Waals surface area contributed by atoms with Gasteiger partial charge in [0, 0.05) is 38.6 Å². The molecule has 6 heteroatoms. The van der Waals surface area contributed by atoms with Crippen LogP contribution in [0.1, 0.15) is 43.2 Å². The second-order valence-corrected chi connectivity index (χ2v) is 9.74. The maximum absolute atomic E-state index is 12.1. The van der Waals surface area contributed by atoms with Crippen molar-refractivity contribution in [3.8, 4) is 5.75 Å². The molecule has 0 N–H and O–H groups in total. The van der Waals surface area contributed by atoms with Crippen molar-refractivity contribution in [3.05, 3.63) is 47.8 Å². The lowest BCUT2D eigenvalue weighted by molar-refractivity contribution is -0.133. The zero-order valence-electron chi connectivity index (χ0n) is 19.1. The van der Waals surface area contributed by atoms with Crippen molar-refractivity contribution in [1.29, 1.82) is 0 Å². The third-order valence-electron chi connectivity index (χ3n) is 7.42. The Labute approximate surface area is 191 Å². The van der Waals surface area contributed by atoms with Crippen LogP contribution in [-0.4, -0.2) is 53.6 Å². The summed E-state index contributed by atoms with van der Waals surface area (Å²) in [7, 11) is 0. The predicted octanol–water partition coefficient (Wildman–Crippen LogP) is 3.88. The van der Waals surface area contributed by atoms with Crippen LogP contribution in [0.25, 0.3) is 0 Å². The first-order chi connectivity index (χ1) is 15.7. The van der Waals surface area contributed by atoms with Crippen molar-refractivity contribution in [2.75, 3.05) is 37.7 Å². The number of ether oxygens (including phenoxy) is 1. The van der Waals surface area contributed by atoms with Gasteiger partial charge in [0.15, 0.2) is 0 Å². The van der Waals surface area contributed by atoms with Crippen molar-refractivity contribution in [2.45, 2.75) is 45.4 Å². The van der Waals surface area contributed by atoms with Gasteiger partial charge in [-0.2, -0.15) is 0 Å². The number of carbonyl (C=O) groups is 1. The van der Waals surface area contributed by atoms with Crippen LogP contribution in [-0.2, 0) is 11.2 Å². The molecule has 0 unspecified atom stereocenters. The lowest BCUT2D eigenvalue weighted by atomic mass is 9.90. The molecule has 6 nitrogen and oxygen atoms in total. The Morgan fingerprint density at radius 3 is 2.44 bits per heavy atom. The van der Waals surface area contributed by atoms with E-state index in [4.69, 9.17) is 4.74 Å². The minimum atomic E-state index is 0.238. The van der Waals surface area contributed by atoms with Crippen LogP contribution in [0.3, 0.4) is 0 Å². The van der Waals surface area contributed by atoms with Gasteiger partial charge in [0.05, 0.1) is 13.0 Å². The number of anilines is 1. The van der Waals surface area contributed by atoms with Crippen molar-refractivity contribution in [1.82, 2.24) is 14.9 Å². The van der Waals surface area contributed by atoms with Gasteiger partial charge >= 0.3 is 0 Å². The summed E-state index contributed by atoms with van der Waals surface area (Å²) in [6.07, 6.45) is 10.4. The zero-order chi connectivity index (χ0) is 21.9. The number of benzene rings is 1. The van der Waals surface area contributed by atoms with Gasteiger partial charge in [0.2, 0.25) is 11.9 Å². The molecule has 2 aliphatic heterocycles. The molecular formula is C26H34N4O2. The van der Waals surface area contributed by atoms with Gasteiger partial charge in [-0.05, 0) is 80.0 Å². The molecule has 1 saturated carbocycles. The van der Waals surface area contributed by atoms with Crippen LogP contribution in [0.5, 0.6) is 5.75 Å². The van der Waals surface area contributed by atoms with E-state index in [1.807, 2.05) is 48.5 Å². The third kappa shape index (κ3) is 5.05. The Hall–Kier alpha value is -2.63. The maximum atomic E-state index is 12.1. The highest BCUT2D eigenvalue weighted by Gasteiger charge is 2.43. The summed E-state index contributed by atoms with van der Waals surface area (Å²) in [5, 5.41) is 0. The molecule has 2 saturated heterocycles. The number of amides is 1. The summed E-state index contributed by atoms with van der Waals surface area (Å²) in [5.41, 5.74) is 2.18. The summed E-state index contributed by atoms with van der Waals surface area (Å²) in [6.45, 7) is 6.79. The number of hydrogen-bond donors (Lipinski definition) is 0. The molecule has 2 atom stereocenters. The van der Waals surface area contributed by atoms with Crippen LogP contribution < -0.4 is 9.64 Å². The lowest BCUT2D eigenvalue weighted by Crippen LogP contribution is -2.42. The number of hydrogen-bond acceptors (Lipinski definition) is 5. The normalized spacial score (nSPS) is 23.0. The van der Waals surface area contributed by atoms with Gasteiger partial charge in [-0.15, -0.1) is 0 Å². The summed E-state index contributed by atoms with van der Waals surface area (Å²) < 4.78 is 6.00. The molecule has 3 fully saturated rings. The number of rotatable bonds is 8. The smallest absolute Gasteiger partial charge is 0.226 e. The fraction of sp³-hybridized carbons (Fsp3) is 0.577. The highest BCUT2D eigenvalue weighted by atomic mass is 16.5. The van der Waals surface area contributed by atoms with Gasteiger partial charge in [-0.25, -0.2) is 9.97 Å². The average Bonchev–Trinajstić information content (AvgIpc) is 3.54. The molecule has 5 rings (SSSR count). The Kier molecular flexibility index (Phi) is 6.28. The van der Waals surface area contributed by atoms with Gasteiger partial charge in [0.25, 0.3) is 0 Å². The molecule has 1 aliphatic carbocycles. The minimum Gasteiger partial charge on any atom is -0.494 e. The zero-order valence-corrected chi connectivity index (χ0v) is 19.1. The van der Waals surface area contributed by atoms with Crippen LogP contribution in [0.2, 0.25) is 0 Å². The van der Waals surface area contributed by atoms with Crippen LogP contribution in [0.15, 0.2) is 36.7 Å². The van der Waals surface area contributed by atoms with Gasteiger partial charge < -0.3 is 14.5 Å². The van der Waals surface area contributed by atoms with E-state index >= 15 is 0 Å². The Balaban J connectivity index is 0.997. The van der Waals surface area contributed by atoms with Crippen LogP contribution in [0, 0.1) is 24.7 Å². The number of piperidine rings is 1. The molecule has 32 heavy (non-hydrogen) atoms. The highest BCUT2D eigenvalue weighted by molar-refractivity contribution is 5.79. The molecule has 3 heterocycles. The molecule has 3 aliphatic rings. The molecule has 0 radical (unpaired) electrons. The van der Waals surface area contributed by atoms with Gasteiger partial charge in [0.1, 0.15) is 5.75 Å². The molecule has 1 amide bonds. The van der Waals surface area contributed by atoms with E-state index in [1.165, 1.54) is 19.3 Å². The Morgan fingerprint density at radius 2 is 1.78 bits per heavy atom. The first-order valence-electron chi connectivity index (χ1n) is 12.2. The van der Waals surface area contributed by atoms with E-state index in [0.29, 0.717) is 6.42 Å². The van der Waals surface area contributed by atoms with Crippen molar-refractivity contribution in [2.24, 2.45) is 17.8 Å². The lowest BCUT2D eigenvalue weighted by Gasteiger charge is -2.32. The summed E-state index contributed by atoms with van der Waals surface area (Å²) in [5.74, 6) is 4.55. The quantitative estimate of drug-likeness (QED) is 0.631. The molecular weight excluding hydrogens is 400 g/mol. The molecule has 170 valence electrons. The second kappa shape index (κ2) is 9.47.